The van der Waals surface area contributed by atoms with Crippen LogP contribution in [0.5, 0.6) is 10.9 Å². The molecule has 0 N–H and O–H groups in total. The number of nitrogens with zero attached hydrogens (tertiary/aromatic N) is 5. The normalized spacial score (nSPS) is 21.5. The summed E-state index contributed by atoms with van der Waals surface area (Å²) in [5.74, 6) is 0.490. The second-order valence-electron chi connectivity index (χ2n) is 11.3. The van der Waals surface area contributed by atoms with Gasteiger partial charge in [-0.25, -0.2) is 14.5 Å². The molecule has 41 heavy (non-hydrogen) atoms. The van der Waals surface area contributed by atoms with E-state index in [0.717, 1.165) is 60.4 Å². The quantitative estimate of drug-likeness (QED) is 0.183. The number of carbonyl (C=O) groups is 2. The number of fused-ring (bicyclic) bond motifs is 1. The van der Waals surface area contributed by atoms with E-state index in [2.05, 4.69) is 39.1 Å². The molecule has 214 valence electrons. The lowest BCUT2D eigenvalue weighted by Crippen LogP contribution is -2.52. The van der Waals surface area contributed by atoms with Crippen molar-refractivity contribution in [3.05, 3.63) is 64.2 Å². The van der Waals surface area contributed by atoms with Gasteiger partial charge in [-0.3, -0.25) is 9.59 Å². The van der Waals surface area contributed by atoms with Crippen molar-refractivity contribution >= 4 is 28.9 Å². The minimum atomic E-state index is -0.891. The number of cyclic esters (lactones) is 1. The van der Waals surface area contributed by atoms with Gasteiger partial charge >= 0.3 is 5.97 Å². The van der Waals surface area contributed by atoms with Crippen LogP contribution in [0.15, 0.2) is 35.8 Å². The van der Waals surface area contributed by atoms with Crippen molar-refractivity contribution in [3.63, 3.8) is 0 Å². The van der Waals surface area contributed by atoms with Gasteiger partial charge in [0.25, 0.3) is 11.0 Å². The van der Waals surface area contributed by atoms with Crippen molar-refractivity contribution in [2.75, 3.05) is 0 Å². The van der Waals surface area contributed by atoms with Crippen LogP contribution in [-0.4, -0.2) is 41.9 Å². The number of carbonyl (C=O) groups excluding carboxylic acids is 2. The van der Waals surface area contributed by atoms with Crippen LogP contribution in [0.4, 0.5) is 0 Å². The first-order valence-electron chi connectivity index (χ1n) is 14.5. The number of rotatable bonds is 9. The molecule has 0 amide bonds. The summed E-state index contributed by atoms with van der Waals surface area (Å²) in [6.45, 7) is 5.94. The van der Waals surface area contributed by atoms with Crippen LogP contribution in [0, 0.1) is 25.7 Å². The molecule has 10 heteroatoms. The van der Waals surface area contributed by atoms with Crippen LogP contribution in [0.1, 0.15) is 73.8 Å². The third-order valence-electron chi connectivity index (χ3n) is 8.55. The fraction of sp³-hybridized carbons (Fsp3) is 0.484. The number of aromatic nitrogens is 5. The number of hydrogen-bond donors (Lipinski definition) is 0. The molecule has 9 nitrogen and oxygen atoms in total. The zero-order chi connectivity index (χ0) is 28.6. The van der Waals surface area contributed by atoms with Gasteiger partial charge in [0.05, 0.1) is 0 Å². The molecule has 1 saturated heterocycles. The first-order chi connectivity index (χ1) is 19.8. The molecule has 1 aliphatic carbocycles. The molecule has 3 aromatic heterocycles. The number of Topliss-reactive ketones (excluding diaryl/α,β-unsaturated/α-hetero) is 1. The van der Waals surface area contributed by atoms with E-state index in [1.54, 1.807) is 10.7 Å². The minimum absolute atomic E-state index is 0.0747. The Bertz CT molecular complexity index is 1560. The van der Waals surface area contributed by atoms with Gasteiger partial charge in [-0.2, -0.15) is 4.98 Å². The van der Waals surface area contributed by atoms with Gasteiger partial charge in [0, 0.05) is 35.8 Å². The summed E-state index contributed by atoms with van der Waals surface area (Å²) in [5.41, 5.74) is 3.22. The highest BCUT2D eigenvalue weighted by atomic mass is 32.1. The van der Waals surface area contributed by atoms with Crippen molar-refractivity contribution in [3.8, 4) is 10.9 Å². The van der Waals surface area contributed by atoms with E-state index in [1.807, 2.05) is 31.4 Å². The van der Waals surface area contributed by atoms with Gasteiger partial charge < -0.3 is 9.47 Å². The Morgan fingerprint density at radius 3 is 2.71 bits per heavy atom. The maximum Gasteiger partial charge on any atom is 0.317 e. The Hall–Kier alpha value is -3.66. The third kappa shape index (κ3) is 5.62. The Kier molecular flexibility index (Phi) is 7.59. The van der Waals surface area contributed by atoms with E-state index < -0.39 is 17.5 Å². The molecule has 0 bridgehead atoms. The van der Waals surface area contributed by atoms with E-state index in [-0.39, 0.29) is 24.5 Å². The lowest BCUT2D eigenvalue weighted by molar-refractivity contribution is -0.185. The molecule has 6 rings (SSSR count). The maximum atomic E-state index is 13.6. The predicted molar refractivity (Wildman–Crippen MR) is 154 cm³/mol. The third-order valence-corrected chi connectivity index (χ3v) is 9.20. The van der Waals surface area contributed by atoms with Gasteiger partial charge in [0.2, 0.25) is 0 Å². The summed E-state index contributed by atoms with van der Waals surface area (Å²) in [7, 11) is 0. The van der Waals surface area contributed by atoms with Gasteiger partial charge in [-0.05, 0) is 75.1 Å². The fourth-order valence-electron chi connectivity index (χ4n) is 6.43. The summed E-state index contributed by atoms with van der Waals surface area (Å²) in [6.07, 6.45) is 8.40. The number of thiazole rings is 1. The number of aryl methyl sites for hydroxylation is 4. The fourth-order valence-corrected chi connectivity index (χ4v) is 6.93. The molecule has 0 spiro atoms. The van der Waals surface area contributed by atoms with E-state index in [4.69, 9.17) is 9.47 Å². The van der Waals surface area contributed by atoms with E-state index >= 15 is 0 Å². The highest BCUT2D eigenvalue weighted by Gasteiger charge is 2.51. The number of ketones is 1. The van der Waals surface area contributed by atoms with Crippen molar-refractivity contribution < 1.29 is 19.1 Å². The van der Waals surface area contributed by atoms with Crippen LogP contribution < -0.4 is 4.74 Å². The van der Waals surface area contributed by atoms with Crippen molar-refractivity contribution in [2.24, 2.45) is 11.8 Å². The zero-order valence-corrected chi connectivity index (χ0v) is 24.6. The number of esters is 1. The number of benzene rings is 1. The first-order valence-corrected chi connectivity index (χ1v) is 15.4. The van der Waals surface area contributed by atoms with Gasteiger partial charge in [0.1, 0.15) is 17.3 Å². The van der Waals surface area contributed by atoms with Crippen LogP contribution in [-0.2, 0) is 33.6 Å². The molecule has 0 radical (unpaired) electrons. The molecule has 4 aromatic rings. The van der Waals surface area contributed by atoms with E-state index in [9.17, 15) is 9.59 Å². The summed E-state index contributed by atoms with van der Waals surface area (Å²) < 4.78 is 14.0. The van der Waals surface area contributed by atoms with Gasteiger partial charge in [-0.15, -0.1) is 5.10 Å². The summed E-state index contributed by atoms with van der Waals surface area (Å²) in [4.78, 5) is 40.3. The number of ether oxygens (including phenoxy) is 2. The smallest absolute Gasteiger partial charge is 0.317 e. The largest absolute Gasteiger partial charge is 0.458 e. The first kappa shape index (κ1) is 27.5. The summed E-state index contributed by atoms with van der Waals surface area (Å²) >= 11 is 1.46. The lowest BCUT2D eigenvalue weighted by Gasteiger charge is -2.43. The molecular formula is C31H35N5O4S. The molecule has 2 fully saturated rings. The van der Waals surface area contributed by atoms with Gasteiger partial charge in [-0.1, -0.05) is 43.2 Å². The van der Waals surface area contributed by atoms with Crippen molar-refractivity contribution in [1.29, 1.82) is 0 Å². The molecule has 4 heterocycles. The van der Waals surface area contributed by atoms with Gasteiger partial charge in [0.15, 0.2) is 11.6 Å². The Labute approximate surface area is 243 Å². The molecular weight excluding hydrogens is 538 g/mol. The van der Waals surface area contributed by atoms with Crippen LogP contribution in [0.25, 0.3) is 5.78 Å². The molecule has 2 unspecified atom stereocenters. The summed E-state index contributed by atoms with van der Waals surface area (Å²) in [6, 6.07) is 8.14. The molecule has 2 atom stereocenters. The molecule has 1 aliphatic heterocycles. The number of hydrogen-bond acceptors (Lipinski definition) is 9. The SMILES string of the molecule is CCc1cc(CCC2(C3CCCC3)CC(=O)C(Cc3nc4nc(C)cc(C)n4n3)C(=O)O2)ccc1Oc1nccs1. The average molecular weight is 574 g/mol. The summed E-state index contributed by atoms with van der Waals surface area (Å²) in [5, 5.41) is 7.03. The Morgan fingerprint density at radius 1 is 1.15 bits per heavy atom. The Balaban J connectivity index is 1.19. The average Bonchev–Trinajstić information content (AvgIpc) is 3.73. The highest BCUT2D eigenvalue weighted by Crippen LogP contribution is 2.45. The van der Waals surface area contributed by atoms with Crippen LogP contribution in [0.2, 0.25) is 0 Å². The lowest BCUT2D eigenvalue weighted by atomic mass is 9.73. The highest BCUT2D eigenvalue weighted by molar-refractivity contribution is 7.11. The molecule has 1 aromatic carbocycles. The maximum absolute atomic E-state index is 13.6. The second-order valence-corrected chi connectivity index (χ2v) is 12.2. The zero-order valence-electron chi connectivity index (χ0n) is 23.8. The minimum Gasteiger partial charge on any atom is -0.458 e. The van der Waals surface area contributed by atoms with Crippen molar-refractivity contribution in [1.82, 2.24) is 24.6 Å². The molecule has 1 saturated carbocycles. The van der Waals surface area contributed by atoms with Crippen molar-refractivity contribution in [2.45, 2.75) is 84.2 Å². The second kappa shape index (κ2) is 11.3. The van der Waals surface area contributed by atoms with Crippen LogP contribution in [0.3, 0.4) is 0 Å². The van der Waals surface area contributed by atoms with E-state index in [0.29, 0.717) is 29.6 Å². The standard InChI is InChI=1S/C31H35N5O4S/c1-4-22-16-21(9-10-26(22)39-30-32-13-14-41-30)11-12-31(23-7-5-6-8-23)18-25(37)24(28(38)40-31)17-27-34-29-33-19(2)15-20(3)36(29)35-27/h9-10,13-16,23-24H,4-8,11-12,17-18H2,1-3H3. The monoisotopic (exact) mass is 573 g/mol. The van der Waals surface area contributed by atoms with E-state index in [1.165, 1.54) is 11.3 Å². The predicted octanol–water partition coefficient (Wildman–Crippen LogP) is 5.79. The Morgan fingerprint density at radius 2 is 1.98 bits per heavy atom. The molecule has 2 aliphatic rings. The topological polar surface area (TPSA) is 109 Å². The van der Waals surface area contributed by atoms with Crippen LogP contribution >= 0.6 is 11.3 Å².